The largest absolute Gasteiger partial charge is 0.480 e. The number of ether oxygens (including phenoxy) is 1. The molecule has 0 saturated carbocycles. The third-order valence-electron chi connectivity index (χ3n) is 1.19. The second kappa shape index (κ2) is 4.39. The van der Waals surface area contributed by atoms with Gasteiger partial charge in [-0.1, -0.05) is 43.5 Å². The number of hydrogen-bond donors (Lipinski definition) is 0. The summed E-state index contributed by atoms with van der Waals surface area (Å²) < 4.78 is 4.94. The van der Waals surface area contributed by atoms with Crippen molar-refractivity contribution in [1.29, 1.82) is 0 Å². The molecule has 0 aliphatic rings. The van der Waals surface area contributed by atoms with Gasteiger partial charge in [0, 0.05) is 5.56 Å². The van der Waals surface area contributed by atoms with Gasteiger partial charge in [0.1, 0.15) is 3.74 Å². The quantitative estimate of drug-likeness (QED) is 0.787. The molecule has 0 spiro atoms. The summed E-state index contributed by atoms with van der Waals surface area (Å²) in [7, 11) is 1.53. The van der Waals surface area contributed by atoms with Gasteiger partial charge in [-0.25, -0.2) is 0 Å². The lowest BCUT2D eigenvalue weighted by molar-refractivity contribution is 0.388. The van der Waals surface area contributed by atoms with E-state index in [0.29, 0.717) is 11.0 Å². The van der Waals surface area contributed by atoms with E-state index in [2.05, 4.69) is 42.1 Å². The Hall–Kier alpha value is 0.130. The average molecular weight is 316 g/mol. The van der Waals surface area contributed by atoms with Crippen LogP contribution in [0.5, 0.6) is 5.88 Å². The van der Waals surface area contributed by atoms with Crippen LogP contribution in [0.15, 0.2) is 6.07 Å². The molecule has 1 aromatic rings. The minimum absolute atomic E-state index is 0.0343. The fourth-order valence-corrected chi connectivity index (χ4v) is 1.50. The molecule has 0 saturated heterocycles. The summed E-state index contributed by atoms with van der Waals surface area (Å²) in [4.78, 5) is 0. The van der Waals surface area contributed by atoms with Crippen LogP contribution in [0.25, 0.3) is 0 Å². The van der Waals surface area contributed by atoms with Crippen molar-refractivity contribution in [2.75, 3.05) is 7.11 Å². The summed E-state index contributed by atoms with van der Waals surface area (Å²) in [6.07, 6.45) is 0. The Kier molecular flexibility index (Phi) is 3.74. The summed E-state index contributed by atoms with van der Waals surface area (Å²) >= 11 is 12.3. The molecular weight excluding hydrogens is 311 g/mol. The zero-order valence-electron chi connectivity index (χ0n) is 6.09. The first kappa shape index (κ1) is 10.2. The molecule has 0 aliphatic carbocycles. The molecular formula is C6H5Br2ClN2O. The molecule has 0 N–H and O–H groups in total. The molecule has 0 bridgehead atoms. The Bertz CT molecular complexity index is 282. The van der Waals surface area contributed by atoms with E-state index in [1.807, 2.05) is 0 Å². The van der Waals surface area contributed by atoms with Crippen molar-refractivity contribution in [3.63, 3.8) is 0 Å². The number of rotatable bonds is 2. The zero-order chi connectivity index (χ0) is 9.14. The third-order valence-corrected chi connectivity index (χ3v) is 2.36. The maximum absolute atomic E-state index is 5.65. The highest BCUT2D eigenvalue weighted by molar-refractivity contribution is 9.24. The average Bonchev–Trinajstić information content (AvgIpc) is 2.04. The van der Waals surface area contributed by atoms with Crippen LogP contribution in [-0.4, -0.2) is 17.3 Å². The summed E-state index contributed by atoms with van der Waals surface area (Å²) in [6.45, 7) is 0. The van der Waals surface area contributed by atoms with E-state index in [4.69, 9.17) is 16.3 Å². The van der Waals surface area contributed by atoms with Crippen LogP contribution < -0.4 is 4.74 Å². The van der Waals surface area contributed by atoms with Crippen molar-refractivity contribution in [3.05, 3.63) is 16.8 Å². The van der Waals surface area contributed by atoms with Crippen molar-refractivity contribution >= 4 is 43.5 Å². The maximum Gasteiger partial charge on any atom is 0.238 e. The fraction of sp³-hybridized carbons (Fsp3) is 0.333. The number of aromatic nitrogens is 2. The zero-order valence-corrected chi connectivity index (χ0v) is 10.0. The molecule has 1 aromatic heterocycles. The Morgan fingerprint density at radius 2 is 2.17 bits per heavy atom. The van der Waals surface area contributed by atoms with Gasteiger partial charge in [0.25, 0.3) is 0 Å². The summed E-state index contributed by atoms with van der Waals surface area (Å²) in [6, 6.07) is 1.68. The van der Waals surface area contributed by atoms with Crippen LogP contribution in [0.2, 0.25) is 5.15 Å². The Morgan fingerprint density at radius 3 is 2.67 bits per heavy atom. The highest BCUT2D eigenvalue weighted by atomic mass is 79.9. The number of methoxy groups -OCH3 is 1. The van der Waals surface area contributed by atoms with Gasteiger partial charge in [-0.15, -0.1) is 10.2 Å². The van der Waals surface area contributed by atoms with E-state index in [0.717, 1.165) is 5.56 Å². The lowest BCUT2D eigenvalue weighted by Crippen LogP contribution is -1.96. The topological polar surface area (TPSA) is 35.0 Å². The summed E-state index contributed by atoms with van der Waals surface area (Å²) in [5.41, 5.74) is 0.817. The van der Waals surface area contributed by atoms with Crippen molar-refractivity contribution < 1.29 is 4.74 Å². The maximum atomic E-state index is 5.65. The lowest BCUT2D eigenvalue weighted by Gasteiger charge is -2.06. The van der Waals surface area contributed by atoms with Crippen LogP contribution in [0, 0.1) is 0 Å². The van der Waals surface area contributed by atoms with Crippen LogP contribution >= 0.6 is 43.5 Å². The molecule has 6 heteroatoms. The normalized spacial score (nSPS) is 10.4. The first-order chi connectivity index (χ1) is 5.65. The van der Waals surface area contributed by atoms with Gasteiger partial charge in [0.15, 0.2) is 5.15 Å². The van der Waals surface area contributed by atoms with Gasteiger partial charge in [-0.05, 0) is 6.07 Å². The third kappa shape index (κ3) is 2.31. The molecule has 1 rings (SSSR count). The van der Waals surface area contributed by atoms with E-state index in [-0.39, 0.29) is 3.74 Å². The van der Waals surface area contributed by atoms with E-state index >= 15 is 0 Å². The molecule has 0 amide bonds. The van der Waals surface area contributed by atoms with Crippen LogP contribution in [0.1, 0.15) is 9.30 Å². The first-order valence-corrected chi connectivity index (χ1v) is 5.21. The summed E-state index contributed by atoms with van der Waals surface area (Å²) in [5, 5.41) is 7.74. The minimum atomic E-state index is -0.0343. The molecule has 0 aromatic carbocycles. The molecule has 12 heavy (non-hydrogen) atoms. The fourth-order valence-electron chi connectivity index (χ4n) is 0.685. The first-order valence-electron chi connectivity index (χ1n) is 3.00. The lowest BCUT2D eigenvalue weighted by atomic mass is 10.3. The molecule has 0 radical (unpaired) electrons. The standard InChI is InChI=1S/C6H5Br2ClN2O/c1-12-6-3(5(7)8)2-4(9)10-11-6/h2,5H,1H3. The van der Waals surface area contributed by atoms with E-state index in [1.165, 1.54) is 7.11 Å². The van der Waals surface area contributed by atoms with Gasteiger partial charge < -0.3 is 4.74 Å². The van der Waals surface area contributed by atoms with Crippen LogP contribution in [0.3, 0.4) is 0 Å². The molecule has 0 fully saturated rings. The van der Waals surface area contributed by atoms with E-state index in [9.17, 15) is 0 Å². The SMILES string of the molecule is COc1nnc(Cl)cc1C(Br)Br. The smallest absolute Gasteiger partial charge is 0.238 e. The Morgan fingerprint density at radius 1 is 1.50 bits per heavy atom. The number of halogens is 3. The van der Waals surface area contributed by atoms with Gasteiger partial charge in [0.05, 0.1) is 7.11 Å². The van der Waals surface area contributed by atoms with Crippen molar-refractivity contribution in [2.45, 2.75) is 3.74 Å². The number of hydrogen-bond acceptors (Lipinski definition) is 3. The second-order valence-electron chi connectivity index (χ2n) is 1.93. The monoisotopic (exact) mass is 314 g/mol. The molecule has 1 heterocycles. The van der Waals surface area contributed by atoms with E-state index in [1.54, 1.807) is 6.07 Å². The van der Waals surface area contributed by atoms with Gasteiger partial charge in [0.2, 0.25) is 5.88 Å². The second-order valence-corrected chi connectivity index (χ2v) is 5.38. The Balaban J connectivity index is 3.12. The molecule has 0 unspecified atom stereocenters. The van der Waals surface area contributed by atoms with Crippen molar-refractivity contribution in [1.82, 2.24) is 10.2 Å². The van der Waals surface area contributed by atoms with Gasteiger partial charge >= 0.3 is 0 Å². The molecule has 3 nitrogen and oxygen atoms in total. The van der Waals surface area contributed by atoms with Crippen LogP contribution in [-0.2, 0) is 0 Å². The predicted octanol–water partition coefficient (Wildman–Crippen LogP) is 2.93. The predicted molar refractivity (Wildman–Crippen MR) is 54.2 cm³/mol. The molecule has 0 atom stereocenters. The molecule has 66 valence electrons. The number of nitrogens with zero attached hydrogens (tertiary/aromatic N) is 2. The van der Waals surface area contributed by atoms with Crippen molar-refractivity contribution in [2.24, 2.45) is 0 Å². The van der Waals surface area contributed by atoms with Gasteiger partial charge in [-0.2, -0.15) is 0 Å². The summed E-state index contributed by atoms with van der Waals surface area (Å²) in [5.74, 6) is 0.457. The highest BCUT2D eigenvalue weighted by Gasteiger charge is 2.12. The van der Waals surface area contributed by atoms with Crippen molar-refractivity contribution in [3.8, 4) is 5.88 Å². The van der Waals surface area contributed by atoms with Gasteiger partial charge in [-0.3, -0.25) is 0 Å². The minimum Gasteiger partial charge on any atom is -0.480 e. The van der Waals surface area contributed by atoms with E-state index < -0.39 is 0 Å². The van der Waals surface area contributed by atoms with Crippen LogP contribution in [0.4, 0.5) is 0 Å². The molecule has 0 aliphatic heterocycles. The highest BCUT2D eigenvalue weighted by Crippen LogP contribution is 2.34. The Labute approximate surface area is 91.7 Å². The number of alkyl halides is 2.